The first kappa shape index (κ1) is 23.8. The van der Waals surface area contributed by atoms with Crippen LogP contribution in [-0.2, 0) is 19.1 Å². The van der Waals surface area contributed by atoms with Crippen molar-refractivity contribution in [2.24, 2.45) is 5.10 Å². The largest absolute Gasteiger partial charge is 0.484 e. The summed E-state index contributed by atoms with van der Waals surface area (Å²) in [6.45, 7) is 0.641. The lowest BCUT2D eigenvalue weighted by atomic mass is 10.2. The second-order valence-corrected chi connectivity index (χ2v) is 6.59. The van der Waals surface area contributed by atoms with Crippen LogP contribution in [0.4, 0.5) is 5.69 Å². The van der Waals surface area contributed by atoms with Crippen LogP contribution < -0.4 is 20.8 Å². The number of amides is 3. The van der Waals surface area contributed by atoms with E-state index in [1.165, 1.54) is 6.21 Å². The van der Waals surface area contributed by atoms with Crippen LogP contribution in [0.25, 0.3) is 0 Å². The molecule has 164 valence electrons. The van der Waals surface area contributed by atoms with E-state index in [0.29, 0.717) is 41.6 Å². The van der Waals surface area contributed by atoms with Crippen molar-refractivity contribution in [1.29, 1.82) is 0 Å². The predicted octanol–water partition coefficient (Wildman–Crippen LogP) is 1.96. The van der Waals surface area contributed by atoms with Gasteiger partial charge in [-0.15, -0.1) is 0 Å². The number of hydrazone groups is 1. The van der Waals surface area contributed by atoms with Gasteiger partial charge >= 0.3 is 11.8 Å². The number of ether oxygens (including phenoxy) is 2. The Kier molecular flexibility index (Phi) is 9.99. The van der Waals surface area contributed by atoms with E-state index in [1.54, 1.807) is 55.6 Å². The number of para-hydroxylation sites is 1. The summed E-state index contributed by atoms with van der Waals surface area (Å²) in [6.07, 6.45) is 1.98. The van der Waals surface area contributed by atoms with E-state index in [1.807, 2.05) is 0 Å². The monoisotopic (exact) mass is 446 g/mol. The SMILES string of the molecule is COCCCNC(=O)C(=O)N/N=C\c1ccc(OCC(=O)Nc2ccccc2Cl)cc1. The third-order valence-corrected chi connectivity index (χ3v) is 4.12. The van der Waals surface area contributed by atoms with E-state index in [9.17, 15) is 14.4 Å². The molecule has 2 rings (SSSR count). The quantitative estimate of drug-likeness (QED) is 0.223. The lowest BCUT2D eigenvalue weighted by Gasteiger charge is -2.08. The van der Waals surface area contributed by atoms with Gasteiger partial charge in [0.05, 0.1) is 16.9 Å². The summed E-state index contributed by atoms with van der Waals surface area (Å²) in [6, 6.07) is 13.6. The van der Waals surface area contributed by atoms with Gasteiger partial charge < -0.3 is 20.1 Å². The minimum Gasteiger partial charge on any atom is -0.484 e. The van der Waals surface area contributed by atoms with Gasteiger partial charge in [-0.05, 0) is 48.4 Å². The van der Waals surface area contributed by atoms with Gasteiger partial charge in [0.15, 0.2) is 6.61 Å². The Morgan fingerprint density at radius 2 is 1.81 bits per heavy atom. The molecule has 2 aromatic rings. The third kappa shape index (κ3) is 8.85. The van der Waals surface area contributed by atoms with Crippen LogP contribution in [0.3, 0.4) is 0 Å². The van der Waals surface area contributed by atoms with Gasteiger partial charge in [0.1, 0.15) is 5.75 Å². The van der Waals surface area contributed by atoms with Crippen LogP contribution in [0.5, 0.6) is 5.75 Å². The highest BCUT2D eigenvalue weighted by Crippen LogP contribution is 2.20. The minimum atomic E-state index is -0.863. The molecule has 3 N–H and O–H groups in total. The van der Waals surface area contributed by atoms with Gasteiger partial charge in [-0.1, -0.05) is 23.7 Å². The van der Waals surface area contributed by atoms with E-state index >= 15 is 0 Å². The summed E-state index contributed by atoms with van der Waals surface area (Å²) in [5.41, 5.74) is 3.32. The molecule has 9 nitrogen and oxygen atoms in total. The first-order chi connectivity index (χ1) is 15.0. The van der Waals surface area contributed by atoms with E-state index in [4.69, 9.17) is 21.1 Å². The molecule has 0 aromatic heterocycles. The number of nitrogens with one attached hydrogen (secondary N) is 3. The number of hydrogen-bond donors (Lipinski definition) is 3. The Hall–Kier alpha value is -3.43. The number of carbonyl (C=O) groups excluding carboxylic acids is 3. The number of halogens is 1. The molecule has 2 aromatic carbocycles. The average molecular weight is 447 g/mol. The van der Waals surface area contributed by atoms with E-state index in [2.05, 4.69) is 21.2 Å². The molecule has 0 heterocycles. The Labute approximate surface area is 184 Å². The average Bonchev–Trinajstić information content (AvgIpc) is 2.77. The molecule has 0 spiro atoms. The molecule has 0 unspecified atom stereocenters. The van der Waals surface area contributed by atoms with Crippen molar-refractivity contribution < 1.29 is 23.9 Å². The van der Waals surface area contributed by atoms with Gasteiger partial charge in [0, 0.05) is 20.3 Å². The Morgan fingerprint density at radius 1 is 1.06 bits per heavy atom. The van der Waals surface area contributed by atoms with Crippen molar-refractivity contribution in [2.75, 3.05) is 32.2 Å². The lowest BCUT2D eigenvalue weighted by molar-refractivity contribution is -0.139. The van der Waals surface area contributed by atoms with Crippen LogP contribution in [-0.4, -0.2) is 50.8 Å². The van der Waals surface area contributed by atoms with Gasteiger partial charge in [0.2, 0.25) is 0 Å². The number of methoxy groups -OCH3 is 1. The number of benzene rings is 2. The molecular formula is C21H23ClN4O5. The fourth-order valence-electron chi connectivity index (χ4n) is 2.26. The molecule has 0 atom stereocenters. The fourth-order valence-corrected chi connectivity index (χ4v) is 2.45. The molecule has 3 amide bonds. The van der Waals surface area contributed by atoms with Crippen LogP contribution in [0, 0.1) is 0 Å². The Bertz CT molecular complexity index is 918. The summed E-state index contributed by atoms with van der Waals surface area (Å²) in [5, 5.41) is 9.29. The van der Waals surface area contributed by atoms with Gasteiger partial charge in [0.25, 0.3) is 5.91 Å². The van der Waals surface area contributed by atoms with Crippen LogP contribution in [0.1, 0.15) is 12.0 Å². The van der Waals surface area contributed by atoms with Gasteiger partial charge in [-0.3, -0.25) is 14.4 Å². The lowest BCUT2D eigenvalue weighted by Crippen LogP contribution is -2.38. The molecule has 0 aliphatic carbocycles. The third-order valence-electron chi connectivity index (χ3n) is 3.79. The van der Waals surface area contributed by atoms with Crippen molar-refractivity contribution in [3.05, 3.63) is 59.1 Å². The highest BCUT2D eigenvalue weighted by Gasteiger charge is 2.11. The number of carbonyl (C=O) groups is 3. The van der Waals surface area contributed by atoms with Crippen molar-refractivity contribution >= 4 is 41.2 Å². The van der Waals surface area contributed by atoms with Crippen molar-refractivity contribution in [1.82, 2.24) is 10.7 Å². The molecule has 0 bridgehead atoms. The Balaban J connectivity index is 1.73. The van der Waals surface area contributed by atoms with E-state index < -0.39 is 11.8 Å². The van der Waals surface area contributed by atoms with Crippen LogP contribution in [0.2, 0.25) is 5.02 Å². The Morgan fingerprint density at radius 3 is 2.52 bits per heavy atom. The van der Waals surface area contributed by atoms with E-state index in [-0.39, 0.29) is 12.5 Å². The van der Waals surface area contributed by atoms with Crippen molar-refractivity contribution in [3.8, 4) is 5.75 Å². The normalized spacial score (nSPS) is 10.5. The maximum absolute atomic E-state index is 12.0. The zero-order chi connectivity index (χ0) is 22.5. The summed E-state index contributed by atoms with van der Waals surface area (Å²) >= 11 is 5.99. The molecule has 0 radical (unpaired) electrons. The molecule has 31 heavy (non-hydrogen) atoms. The number of rotatable bonds is 10. The standard InChI is InChI=1S/C21H23ClN4O5/c1-30-12-4-11-23-20(28)21(29)26-24-13-15-7-9-16(10-8-15)31-14-19(27)25-18-6-3-2-5-17(18)22/h2-3,5-10,13H,4,11-12,14H2,1H3,(H,23,28)(H,25,27)(H,26,29)/b24-13-. The molecule has 0 aliphatic heterocycles. The second kappa shape index (κ2) is 13.0. The molecule has 0 saturated carbocycles. The zero-order valence-corrected chi connectivity index (χ0v) is 17.6. The minimum absolute atomic E-state index is 0.186. The van der Waals surface area contributed by atoms with Crippen LogP contribution in [0.15, 0.2) is 53.6 Å². The smallest absolute Gasteiger partial charge is 0.329 e. The number of anilines is 1. The zero-order valence-electron chi connectivity index (χ0n) is 16.9. The molecule has 10 heteroatoms. The van der Waals surface area contributed by atoms with Crippen molar-refractivity contribution in [3.63, 3.8) is 0 Å². The summed E-state index contributed by atoms with van der Waals surface area (Å²) < 4.78 is 10.3. The highest BCUT2D eigenvalue weighted by atomic mass is 35.5. The molecular weight excluding hydrogens is 424 g/mol. The van der Waals surface area contributed by atoms with Crippen molar-refractivity contribution in [2.45, 2.75) is 6.42 Å². The topological polar surface area (TPSA) is 118 Å². The molecule has 0 fully saturated rings. The first-order valence-corrected chi connectivity index (χ1v) is 9.75. The van der Waals surface area contributed by atoms with E-state index in [0.717, 1.165) is 0 Å². The summed E-state index contributed by atoms with van der Waals surface area (Å²) in [5.74, 6) is -1.50. The van der Waals surface area contributed by atoms with Gasteiger partial charge in [-0.2, -0.15) is 5.10 Å². The van der Waals surface area contributed by atoms with Gasteiger partial charge in [-0.25, -0.2) is 5.43 Å². The first-order valence-electron chi connectivity index (χ1n) is 9.37. The number of nitrogens with zero attached hydrogens (tertiary/aromatic N) is 1. The molecule has 0 aliphatic rings. The number of hydrogen-bond acceptors (Lipinski definition) is 6. The summed E-state index contributed by atoms with van der Waals surface area (Å²) in [4.78, 5) is 35.1. The second-order valence-electron chi connectivity index (χ2n) is 6.19. The molecule has 0 saturated heterocycles. The maximum atomic E-state index is 12.0. The summed E-state index contributed by atoms with van der Waals surface area (Å²) in [7, 11) is 1.56. The maximum Gasteiger partial charge on any atom is 0.329 e. The fraction of sp³-hybridized carbons (Fsp3) is 0.238. The highest BCUT2D eigenvalue weighted by molar-refractivity contribution is 6.35. The van der Waals surface area contributed by atoms with Crippen LogP contribution >= 0.6 is 11.6 Å². The predicted molar refractivity (Wildman–Crippen MR) is 117 cm³/mol.